The zero-order valence-corrected chi connectivity index (χ0v) is 17.0. The minimum absolute atomic E-state index is 0.338. The van der Waals surface area contributed by atoms with Gasteiger partial charge >= 0.3 is 0 Å². The monoisotopic (exact) mass is 392 g/mol. The molecule has 2 N–H and O–H groups in total. The fourth-order valence-electron chi connectivity index (χ4n) is 2.58. The summed E-state index contributed by atoms with van der Waals surface area (Å²) in [7, 11) is -3.15. The van der Waals surface area contributed by atoms with Gasteiger partial charge in [-0.2, -0.15) is 0 Å². The molecule has 0 aliphatic heterocycles. The van der Waals surface area contributed by atoms with Gasteiger partial charge in [0.2, 0.25) is 0 Å². The summed E-state index contributed by atoms with van der Waals surface area (Å²) in [4.78, 5) is 4.92. The molecular formula is C18H28N6O2S. The van der Waals surface area contributed by atoms with Crippen molar-refractivity contribution in [2.75, 3.05) is 25.9 Å². The van der Waals surface area contributed by atoms with Crippen LogP contribution in [0.2, 0.25) is 0 Å². The van der Waals surface area contributed by atoms with Gasteiger partial charge in [-0.25, -0.2) is 8.42 Å². The zero-order chi connectivity index (χ0) is 19.7. The van der Waals surface area contributed by atoms with Crippen LogP contribution in [0.15, 0.2) is 40.5 Å². The van der Waals surface area contributed by atoms with Crippen LogP contribution in [-0.2, 0) is 29.2 Å². The van der Waals surface area contributed by atoms with E-state index in [0.717, 1.165) is 49.8 Å². The lowest BCUT2D eigenvalue weighted by molar-refractivity contribution is 0.602. The molecule has 0 saturated heterocycles. The Morgan fingerprint density at radius 2 is 1.93 bits per heavy atom. The van der Waals surface area contributed by atoms with E-state index in [2.05, 4.69) is 32.7 Å². The number of aliphatic imine (C=N–C) groups is 1. The van der Waals surface area contributed by atoms with Gasteiger partial charge in [-0.15, -0.1) is 10.2 Å². The Hall–Kier alpha value is -2.42. The normalized spacial score (nSPS) is 12.2. The van der Waals surface area contributed by atoms with Crippen LogP contribution in [0.4, 0.5) is 0 Å². The molecule has 1 aromatic heterocycles. The van der Waals surface area contributed by atoms with Crippen molar-refractivity contribution in [3.8, 4) is 0 Å². The van der Waals surface area contributed by atoms with Gasteiger partial charge in [0.15, 0.2) is 15.8 Å². The van der Waals surface area contributed by atoms with Gasteiger partial charge in [-0.05, 0) is 31.0 Å². The van der Waals surface area contributed by atoms with Crippen LogP contribution < -0.4 is 10.6 Å². The average molecular weight is 393 g/mol. The Labute approximate surface area is 161 Å². The average Bonchev–Trinajstić information content (AvgIpc) is 3.09. The highest BCUT2D eigenvalue weighted by atomic mass is 32.2. The topological polar surface area (TPSA) is 101 Å². The maximum Gasteiger partial charge on any atom is 0.191 e. The maximum absolute atomic E-state index is 11.5. The highest BCUT2D eigenvalue weighted by molar-refractivity contribution is 7.90. The molecular weight excluding hydrogens is 364 g/mol. The fourth-order valence-corrected chi connectivity index (χ4v) is 3.21. The molecule has 0 unspecified atom stereocenters. The highest BCUT2D eigenvalue weighted by Gasteiger charge is 2.06. The molecule has 0 aliphatic rings. The van der Waals surface area contributed by atoms with E-state index in [-0.39, 0.29) is 0 Å². The molecule has 148 valence electrons. The fraction of sp³-hybridized carbons (Fsp3) is 0.500. The molecule has 2 aromatic rings. The van der Waals surface area contributed by atoms with Crippen LogP contribution in [0.5, 0.6) is 0 Å². The molecule has 27 heavy (non-hydrogen) atoms. The lowest BCUT2D eigenvalue weighted by Crippen LogP contribution is -2.39. The summed E-state index contributed by atoms with van der Waals surface area (Å²) in [6.07, 6.45) is 4.55. The number of hydrogen-bond acceptors (Lipinski definition) is 5. The van der Waals surface area contributed by atoms with Gasteiger partial charge in [-0.1, -0.05) is 19.1 Å². The minimum atomic E-state index is -3.15. The number of aromatic nitrogens is 3. The second kappa shape index (κ2) is 10.1. The number of nitrogens with one attached hydrogen (secondary N) is 2. The summed E-state index contributed by atoms with van der Waals surface area (Å²) >= 11 is 0. The number of rotatable bonds is 9. The third kappa shape index (κ3) is 6.67. The van der Waals surface area contributed by atoms with Gasteiger partial charge in [0.1, 0.15) is 12.2 Å². The second-order valence-electron chi connectivity index (χ2n) is 6.15. The van der Waals surface area contributed by atoms with Crippen LogP contribution in [0, 0.1) is 0 Å². The van der Waals surface area contributed by atoms with E-state index in [9.17, 15) is 8.42 Å². The van der Waals surface area contributed by atoms with Crippen LogP contribution in [0.1, 0.15) is 25.2 Å². The van der Waals surface area contributed by atoms with Crippen molar-refractivity contribution < 1.29 is 8.42 Å². The second-order valence-corrected chi connectivity index (χ2v) is 8.16. The summed E-state index contributed by atoms with van der Waals surface area (Å²) in [5.41, 5.74) is 1.05. The Morgan fingerprint density at radius 3 is 2.56 bits per heavy atom. The number of hydrogen-bond donors (Lipinski definition) is 2. The van der Waals surface area contributed by atoms with E-state index in [1.54, 1.807) is 18.5 Å². The molecule has 2 rings (SSSR count). The van der Waals surface area contributed by atoms with Gasteiger partial charge in [0.25, 0.3) is 0 Å². The third-order valence-corrected chi connectivity index (χ3v) is 5.15. The van der Waals surface area contributed by atoms with Crippen LogP contribution in [-0.4, -0.2) is 55.0 Å². The van der Waals surface area contributed by atoms with Crippen molar-refractivity contribution >= 4 is 15.8 Å². The van der Waals surface area contributed by atoms with E-state index in [0.29, 0.717) is 11.4 Å². The largest absolute Gasteiger partial charge is 0.357 e. The molecule has 0 atom stereocenters. The number of sulfone groups is 1. The molecule has 8 nitrogen and oxygen atoms in total. The Bertz CT molecular complexity index is 843. The van der Waals surface area contributed by atoms with E-state index in [4.69, 9.17) is 0 Å². The molecule has 1 aromatic carbocycles. The quantitative estimate of drug-likeness (QED) is 0.488. The zero-order valence-electron chi connectivity index (χ0n) is 16.1. The standard InChI is InChI=1S/C18H28N6O2S/c1-4-17-23-22-14-24(17)13-12-21-18(19-5-2)20-11-10-15-6-8-16(9-7-15)27(3,25)26/h6-9,14H,4-5,10-13H2,1-3H3,(H2,19,20,21). The van der Waals surface area contributed by atoms with E-state index >= 15 is 0 Å². The third-order valence-electron chi connectivity index (χ3n) is 4.02. The number of nitrogens with zero attached hydrogens (tertiary/aromatic N) is 4. The van der Waals surface area contributed by atoms with Crippen molar-refractivity contribution in [3.05, 3.63) is 42.0 Å². The van der Waals surface area contributed by atoms with Crippen molar-refractivity contribution in [1.29, 1.82) is 0 Å². The molecule has 0 saturated carbocycles. The summed E-state index contributed by atoms with van der Waals surface area (Å²) in [5, 5.41) is 14.5. The van der Waals surface area contributed by atoms with Crippen LogP contribution in [0.3, 0.4) is 0 Å². The molecule has 0 aliphatic carbocycles. The van der Waals surface area contributed by atoms with Gasteiger partial charge in [0.05, 0.1) is 4.90 Å². The highest BCUT2D eigenvalue weighted by Crippen LogP contribution is 2.10. The first-order valence-electron chi connectivity index (χ1n) is 9.12. The first-order valence-corrected chi connectivity index (χ1v) is 11.0. The van der Waals surface area contributed by atoms with Gasteiger partial charge in [-0.3, -0.25) is 4.99 Å². The summed E-state index contributed by atoms with van der Waals surface area (Å²) in [5.74, 6) is 1.73. The van der Waals surface area contributed by atoms with Crippen molar-refractivity contribution in [1.82, 2.24) is 25.4 Å². The molecule has 0 radical (unpaired) electrons. The molecule has 0 fully saturated rings. The van der Waals surface area contributed by atoms with Gasteiger partial charge in [0, 0.05) is 38.9 Å². The summed E-state index contributed by atoms with van der Waals surface area (Å²) in [6.45, 7) is 6.97. The van der Waals surface area contributed by atoms with Crippen molar-refractivity contribution in [2.24, 2.45) is 4.99 Å². The summed E-state index contributed by atoms with van der Waals surface area (Å²) in [6, 6.07) is 6.96. The van der Waals surface area contributed by atoms with E-state index < -0.39 is 9.84 Å². The van der Waals surface area contributed by atoms with E-state index in [1.807, 2.05) is 23.6 Å². The molecule has 0 spiro atoms. The smallest absolute Gasteiger partial charge is 0.191 e. The molecule has 9 heteroatoms. The first kappa shape index (κ1) is 20.9. The minimum Gasteiger partial charge on any atom is -0.357 e. The molecule has 0 amide bonds. The number of aryl methyl sites for hydroxylation is 1. The Kier molecular flexibility index (Phi) is 7.78. The maximum atomic E-state index is 11.5. The number of guanidine groups is 1. The van der Waals surface area contributed by atoms with Crippen LogP contribution >= 0.6 is 0 Å². The van der Waals surface area contributed by atoms with Crippen molar-refractivity contribution in [2.45, 2.75) is 38.1 Å². The predicted molar refractivity (Wildman–Crippen MR) is 107 cm³/mol. The summed E-state index contributed by atoms with van der Waals surface area (Å²) < 4.78 is 25.0. The Balaban J connectivity index is 1.85. The van der Waals surface area contributed by atoms with E-state index in [1.165, 1.54) is 6.26 Å². The predicted octanol–water partition coefficient (Wildman–Crippen LogP) is 1.04. The first-order chi connectivity index (χ1) is 12.9. The van der Waals surface area contributed by atoms with Crippen molar-refractivity contribution in [3.63, 3.8) is 0 Å². The lowest BCUT2D eigenvalue weighted by Gasteiger charge is -2.12. The van der Waals surface area contributed by atoms with Gasteiger partial charge < -0.3 is 15.2 Å². The molecule has 0 bridgehead atoms. The lowest BCUT2D eigenvalue weighted by atomic mass is 10.1. The SMILES string of the molecule is CCNC(=NCCc1ccc(S(C)(=O)=O)cc1)NCCn1cnnc1CC. The molecule has 1 heterocycles. The Morgan fingerprint density at radius 1 is 1.19 bits per heavy atom. The number of benzene rings is 1. The van der Waals surface area contributed by atoms with Crippen LogP contribution in [0.25, 0.3) is 0 Å².